The molecular weight excluding hydrogens is 264 g/mol. The monoisotopic (exact) mass is 292 g/mol. The Balaban J connectivity index is 1.99. The summed E-state index contributed by atoms with van der Waals surface area (Å²) in [6.07, 6.45) is 1.89. The van der Waals surface area contributed by atoms with Crippen LogP contribution in [0, 0.1) is 0 Å². The molecule has 5 heteroatoms. The van der Waals surface area contributed by atoms with Gasteiger partial charge in [-0.05, 0) is 19.5 Å². The van der Waals surface area contributed by atoms with Crippen LogP contribution in [0.15, 0.2) is 18.3 Å². The summed E-state index contributed by atoms with van der Waals surface area (Å²) in [4.78, 5) is 9.57. The highest BCUT2D eigenvalue weighted by Crippen LogP contribution is 2.20. The van der Waals surface area contributed by atoms with E-state index in [0.29, 0.717) is 6.04 Å². The molecule has 0 spiro atoms. The van der Waals surface area contributed by atoms with Gasteiger partial charge in [-0.3, -0.25) is 4.90 Å². The van der Waals surface area contributed by atoms with Crippen LogP contribution >= 0.6 is 0 Å². The molecular formula is C16H28N4O. The number of ether oxygens (including phenoxy) is 1. The molecule has 0 aromatic carbocycles. The van der Waals surface area contributed by atoms with E-state index in [0.717, 1.165) is 51.7 Å². The summed E-state index contributed by atoms with van der Waals surface area (Å²) >= 11 is 0. The van der Waals surface area contributed by atoms with Crippen LogP contribution in [0.2, 0.25) is 0 Å². The standard InChI is InChI=1S/C16H28N4O/c1-4-19-9-10-20(13-14(19)2)16-15(6-5-7-18-16)12-17-8-11-21-3/h5-7,14,17H,4,8-13H2,1-3H3. The summed E-state index contributed by atoms with van der Waals surface area (Å²) in [6.45, 7) is 11.3. The summed E-state index contributed by atoms with van der Waals surface area (Å²) in [5, 5.41) is 3.41. The molecule has 0 bridgehead atoms. The molecule has 5 nitrogen and oxygen atoms in total. The van der Waals surface area contributed by atoms with Crippen molar-refractivity contribution in [2.24, 2.45) is 0 Å². The first kappa shape index (κ1) is 16.2. The molecule has 1 fully saturated rings. The lowest BCUT2D eigenvalue weighted by molar-refractivity contribution is 0.198. The molecule has 2 rings (SSSR count). The molecule has 1 unspecified atom stereocenters. The minimum Gasteiger partial charge on any atom is -0.383 e. The molecule has 1 N–H and O–H groups in total. The van der Waals surface area contributed by atoms with Crippen molar-refractivity contribution in [2.45, 2.75) is 26.4 Å². The maximum absolute atomic E-state index is 5.07. The SMILES string of the molecule is CCN1CCN(c2ncccc2CNCCOC)CC1C. The van der Waals surface area contributed by atoms with Crippen molar-refractivity contribution in [1.82, 2.24) is 15.2 Å². The summed E-state index contributed by atoms with van der Waals surface area (Å²) in [5.41, 5.74) is 1.27. The molecule has 1 saturated heterocycles. The zero-order chi connectivity index (χ0) is 15.1. The van der Waals surface area contributed by atoms with Gasteiger partial charge in [0, 0.05) is 57.6 Å². The quantitative estimate of drug-likeness (QED) is 0.768. The molecule has 2 heterocycles. The third kappa shape index (κ3) is 4.40. The zero-order valence-electron chi connectivity index (χ0n) is 13.5. The molecule has 1 aromatic heterocycles. The van der Waals surface area contributed by atoms with Crippen molar-refractivity contribution in [3.05, 3.63) is 23.9 Å². The Morgan fingerprint density at radius 2 is 2.29 bits per heavy atom. The van der Waals surface area contributed by atoms with Crippen LogP contribution in [0.4, 0.5) is 5.82 Å². The van der Waals surface area contributed by atoms with Crippen molar-refractivity contribution in [2.75, 3.05) is 51.3 Å². The number of anilines is 1. The molecule has 1 atom stereocenters. The van der Waals surface area contributed by atoms with Crippen LogP contribution in [-0.4, -0.2) is 62.4 Å². The first-order valence-electron chi connectivity index (χ1n) is 7.88. The number of rotatable bonds is 7. The first-order chi connectivity index (χ1) is 10.3. The molecule has 0 amide bonds. The fourth-order valence-corrected chi connectivity index (χ4v) is 2.91. The van der Waals surface area contributed by atoms with Crippen molar-refractivity contribution < 1.29 is 4.74 Å². The topological polar surface area (TPSA) is 40.6 Å². The van der Waals surface area contributed by atoms with Gasteiger partial charge < -0.3 is 15.0 Å². The van der Waals surface area contributed by atoms with Gasteiger partial charge in [-0.2, -0.15) is 0 Å². The highest BCUT2D eigenvalue weighted by molar-refractivity contribution is 5.47. The zero-order valence-corrected chi connectivity index (χ0v) is 13.5. The van der Waals surface area contributed by atoms with Gasteiger partial charge in [0.2, 0.25) is 0 Å². The van der Waals surface area contributed by atoms with E-state index >= 15 is 0 Å². The van der Waals surface area contributed by atoms with Gasteiger partial charge >= 0.3 is 0 Å². The highest BCUT2D eigenvalue weighted by atomic mass is 16.5. The van der Waals surface area contributed by atoms with Gasteiger partial charge in [0.1, 0.15) is 5.82 Å². The van der Waals surface area contributed by atoms with Gasteiger partial charge in [-0.1, -0.05) is 13.0 Å². The van der Waals surface area contributed by atoms with Crippen molar-refractivity contribution >= 4 is 5.82 Å². The van der Waals surface area contributed by atoms with E-state index < -0.39 is 0 Å². The van der Waals surface area contributed by atoms with Crippen molar-refractivity contribution in [1.29, 1.82) is 0 Å². The van der Waals surface area contributed by atoms with Gasteiger partial charge in [-0.25, -0.2) is 4.98 Å². The average Bonchev–Trinajstić information content (AvgIpc) is 2.52. The van der Waals surface area contributed by atoms with Crippen LogP contribution in [0.25, 0.3) is 0 Å². The fraction of sp³-hybridized carbons (Fsp3) is 0.688. The molecule has 0 saturated carbocycles. The molecule has 118 valence electrons. The smallest absolute Gasteiger partial charge is 0.133 e. The Morgan fingerprint density at radius 3 is 3.00 bits per heavy atom. The largest absolute Gasteiger partial charge is 0.383 e. The van der Waals surface area contributed by atoms with Crippen LogP contribution in [0.1, 0.15) is 19.4 Å². The number of piperazine rings is 1. The number of nitrogens with zero attached hydrogens (tertiary/aromatic N) is 3. The van der Waals surface area contributed by atoms with E-state index in [1.54, 1.807) is 7.11 Å². The summed E-state index contributed by atoms with van der Waals surface area (Å²) < 4.78 is 5.07. The predicted molar refractivity (Wildman–Crippen MR) is 86.7 cm³/mol. The lowest BCUT2D eigenvalue weighted by Crippen LogP contribution is -2.52. The van der Waals surface area contributed by atoms with Gasteiger partial charge in [-0.15, -0.1) is 0 Å². The molecule has 0 radical (unpaired) electrons. The Labute approximate surface area is 128 Å². The summed E-state index contributed by atoms with van der Waals surface area (Å²) in [6, 6.07) is 4.77. The van der Waals surface area contributed by atoms with Crippen molar-refractivity contribution in [3.63, 3.8) is 0 Å². The van der Waals surface area contributed by atoms with E-state index in [2.05, 4.69) is 40.0 Å². The first-order valence-corrected chi connectivity index (χ1v) is 7.88. The molecule has 1 aliphatic heterocycles. The normalized spacial score (nSPS) is 20.0. The third-order valence-electron chi connectivity index (χ3n) is 4.14. The summed E-state index contributed by atoms with van der Waals surface area (Å²) in [7, 11) is 1.73. The van der Waals surface area contributed by atoms with E-state index in [4.69, 9.17) is 4.74 Å². The van der Waals surface area contributed by atoms with Gasteiger partial charge in [0.05, 0.1) is 6.61 Å². The summed E-state index contributed by atoms with van der Waals surface area (Å²) in [5.74, 6) is 1.13. The Kier molecular flexibility index (Phi) is 6.42. The van der Waals surface area contributed by atoms with E-state index in [1.165, 1.54) is 5.56 Å². The van der Waals surface area contributed by atoms with Gasteiger partial charge in [0.25, 0.3) is 0 Å². The van der Waals surface area contributed by atoms with E-state index in [-0.39, 0.29) is 0 Å². The highest BCUT2D eigenvalue weighted by Gasteiger charge is 2.24. The molecule has 21 heavy (non-hydrogen) atoms. The average molecular weight is 292 g/mol. The maximum atomic E-state index is 5.07. The fourth-order valence-electron chi connectivity index (χ4n) is 2.91. The number of methoxy groups -OCH3 is 1. The Bertz CT molecular complexity index is 426. The molecule has 0 aliphatic carbocycles. The van der Waals surface area contributed by atoms with E-state index in [1.807, 2.05) is 12.3 Å². The minimum atomic E-state index is 0.583. The Hall–Kier alpha value is -1.17. The van der Waals surface area contributed by atoms with Crippen LogP contribution in [-0.2, 0) is 11.3 Å². The second kappa shape index (κ2) is 8.32. The lowest BCUT2D eigenvalue weighted by atomic mass is 10.1. The minimum absolute atomic E-state index is 0.583. The number of aromatic nitrogens is 1. The van der Waals surface area contributed by atoms with Crippen LogP contribution in [0.5, 0.6) is 0 Å². The number of nitrogens with one attached hydrogen (secondary N) is 1. The Morgan fingerprint density at radius 1 is 1.43 bits per heavy atom. The number of hydrogen-bond acceptors (Lipinski definition) is 5. The number of likely N-dealkylation sites (N-methyl/N-ethyl adjacent to an activating group) is 1. The van der Waals surface area contributed by atoms with Crippen LogP contribution in [0.3, 0.4) is 0 Å². The molecule has 1 aromatic rings. The van der Waals surface area contributed by atoms with Gasteiger partial charge in [0.15, 0.2) is 0 Å². The second-order valence-corrected chi connectivity index (χ2v) is 5.58. The number of pyridine rings is 1. The third-order valence-corrected chi connectivity index (χ3v) is 4.14. The maximum Gasteiger partial charge on any atom is 0.133 e. The van der Waals surface area contributed by atoms with Crippen LogP contribution < -0.4 is 10.2 Å². The lowest BCUT2D eigenvalue weighted by Gasteiger charge is -2.40. The molecule has 1 aliphatic rings. The van der Waals surface area contributed by atoms with Crippen molar-refractivity contribution in [3.8, 4) is 0 Å². The number of hydrogen-bond donors (Lipinski definition) is 1. The predicted octanol–water partition coefficient (Wildman–Crippen LogP) is 1.35. The second-order valence-electron chi connectivity index (χ2n) is 5.58. The van der Waals surface area contributed by atoms with E-state index in [9.17, 15) is 0 Å².